The number of hydrogen-bond acceptors (Lipinski definition) is 0. The van der Waals surface area contributed by atoms with Crippen LogP contribution in [0.1, 0.15) is 56.6 Å². The molecule has 0 saturated heterocycles. The summed E-state index contributed by atoms with van der Waals surface area (Å²) < 4.78 is 0. The largest absolute Gasteiger partial charge is 0.122 e. The number of alkyl halides is 1. The fourth-order valence-electron chi connectivity index (χ4n) is 2.76. The molecule has 2 aromatic rings. The number of halogens is 1. The molecule has 0 aliphatic rings. The third-order valence-electron chi connectivity index (χ3n) is 4.21. The van der Waals surface area contributed by atoms with Crippen LogP contribution >= 0.6 is 11.6 Å². The maximum Gasteiger partial charge on any atom is 0.0474 e. The fourth-order valence-corrected chi connectivity index (χ4v) is 2.94. The lowest BCUT2D eigenvalue weighted by molar-refractivity contribution is 0.607. The van der Waals surface area contributed by atoms with Crippen LogP contribution in [0.15, 0.2) is 48.5 Å². The molecule has 2 aromatic carbocycles. The highest BCUT2D eigenvalue weighted by Crippen LogP contribution is 2.21. The zero-order valence-corrected chi connectivity index (χ0v) is 14.4. The summed E-state index contributed by atoms with van der Waals surface area (Å²) in [6, 6.07) is 17.5. The predicted molar refractivity (Wildman–Crippen MR) is 98.5 cm³/mol. The lowest BCUT2D eigenvalue weighted by Crippen LogP contribution is -1.87. The number of rotatable bonds is 9. The second-order valence-corrected chi connectivity index (χ2v) is 6.31. The summed E-state index contributed by atoms with van der Waals surface area (Å²) in [5.41, 5.74) is 5.18. The van der Waals surface area contributed by atoms with Crippen LogP contribution in [0.4, 0.5) is 0 Å². The van der Waals surface area contributed by atoms with E-state index in [4.69, 9.17) is 11.6 Å². The van der Waals surface area contributed by atoms with Crippen molar-refractivity contribution < 1.29 is 0 Å². The summed E-state index contributed by atoms with van der Waals surface area (Å²) in [6.07, 6.45) is 9.38. The summed E-state index contributed by atoms with van der Waals surface area (Å²) >= 11 is 5.83. The van der Waals surface area contributed by atoms with Gasteiger partial charge in [-0.25, -0.2) is 0 Å². The minimum atomic E-state index is 0.581. The van der Waals surface area contributed by atoms with Gasteiger partial charge < -0.3 is 0 Å². The summed E-state index contributed by atoms with van der Waals surface area (Å²) in [7, 11) is 0. The molecule has 0 radical (unpaired) electrons. The Hall–Kier alpha value is -1.27. The molecule has 0 bridgehead atoms. The topological polar surface area (TPSA) is 0 Å². The lowest BCUT2D eigenvalue weighted by Gasteiger charge is -2.06. The minimum absolute atomic E-state index is 0.581. The minimum Gasteiger partial charge on any atom is -0.122 e. The van der Waals surface area contributed by atoms with Crippen molar-refractivity contribution in [3.05, 3.63) is 59.7 Å². The Morgan fingerprint density at radius 1 is 0.636 bits per heavy atom. The highest BCUT2D eigenvalue weighted by Gasteiger charge is 1.99. The van der Waals surface area contributed by atoms with Gasteiger partial charge in [-0.3, -0.25) is 0 Å². The monoisotopic (exact) mass is 314 g/mol. The Bertz CT molecular complexity index is 525. The molecule has 22 heavy (non-hydrogen) atoms. The van der Waals surface area contributed by atoms with Crippen LogP contribution in [0, 0.1) is 0 Å². The van der Waals surface area contributed by atoms with Crippen molar-refractivity contribution in [2.24, 2.45) is 0 Å². The molecule has 0 amide bonds. The normalized spacial score (nSPS) is 10.8. The van der Waals surface area contributed by atoms with Gasteiger partial charge in [-0.15, -0.1) is 11.6 Å². The Kier molecular flexibility index (Phi) is 7.53. The van der Waals surface area contributed by atoms with Gasteiger partial charge in [-0.2, -0.15) is 0 Å². The fraction of sp³-hybridized carbons (Fsp3) is 0.429. The van der Waals surface area contributed by atoms with Crippen LogP contribution in [-0.2, 0) is 12.3 Å². The van der Waals surface area contributed by atoms with Crippen molar-refractivity contribution in [1.29, 1.82) is 0 Å². The number of aryl methyl sites for hydroxylation is 1. The van der Waals surface area contributed by atoms with Crippen LogP contribution in [0.2, 0.25) is 0 Å². The SMILES string of the molecule is CCCCCCCCc1ccc(-c2ccc(CCl)cc2)cc1. The van der Waals surface area contributed by atoms with Gasteiger partial charge in [-0.05, 0) is 35.1 Å². The summed E-state index contributed by atoms with van der Waals surface area (Å²) in [5, 5.41) is 0. The molecule has 0 saturated carbocycles. The molecule has 1 heteroatoms. The standard InChI is InChI=1S/C21H27Cl/c1-2-3-4-5-6-7-8-18-9-13-20(14-10-18)21-15-11-19(17-22)12-16-21/h9-16H,2-8,17H2,1H3. The third kappa shape index (κ3) is 5.50. The van der Waals surface area contributed by atoms with Crippen LogP contribution in [-0.4, -0.2) is 0 Å². The second kappa shape index (κ2) is 9.69. The van der Waals surface area contributed by atoms with E-state index in [9.17, 15) is 0 Å². The van der Waals surface area contributed by atoms with Crippen molar-refractivity contribution in [1.82, 2.24) is 0 Å². The van der Waals surface area contributed by atoms with Crippen molar-refractivity contribution >= 4 is 11.6 Å². The maximum atomic E-state index is 5.83. The van der Waals surface area contributed by atoms with Gasteiger partial charge in [0, 0.05) is 5.88 Å². The molecule has 0 aliphatic heterocycles. The first kappa shape index (κ1) is 17.1. The van der Waals surface area contributed by atoms with Gasteiger partial charge in [0.1, 0.15) is 0 Å². The van der Waals surface area contributed by atoms with E-state index in [0.717, 1.165) is 0 Å². The van der Waals surface area contributed by atoms with E-state index < -0.39 is 0 Å². The van der Waals surface area contributed by atoms with E-state index >= 15 is 0 Å². The molecule has 0 atom stereocenters. The second-order valence-electron chi connectivity index (χ2n) is 6.05. The van der Waals surface area contributed by atoms with Crippen LogP contribution in [0.25, 0.3) is 11.1 Å². The van der Waals surface area contributed by atoms with E-state index in [1.807, 2.05) is 0 Å². The molecule has 2 rings (SSSR count). The summed E-state index contributed by atoms with van der Waals surface area (Å²) in [4.78, 5) is 0. The highest BCUT2D eigenvalue weighted by molar-refractivity contribution is 6.17. The first-order chi connectivity index (χ1) is 10.8. The molecule has 0 unspecified atom stereocenters. The molecule has 0 spiro atoms. The summed E-state index contributed by atoms with van der Waals surface area (Å²) in [5.74, 6) is 0.581. The smallest absolute Gasteiger partial charge is 0.0474 e. The number of benzene rings is 2. The van der Waals surface area contributed by atoms with Crippen LogP contribution in [0.3, 0.4) is 0 Å². The first-order valence-corrected chi connectivity index (χ1v) is 9.11. The van der Waals surface area contributed by atoms with Gasteiger partial charge >= 0.3 is 0 Å². The highest BCUT2D eigenvalue weighted by atomic mass is 35.5. The van der Waals surface area contributed by atoms with Gasteiger partial charge in [0.25, 0.3) is 0 Å². The van der Waals surface area contributed by atoms with Crippen molar-refractivity contribution in [3.8, 4) is 11.1 Å². The molecule has 0 nitrogen and oxygen atoms in total. The number of hydrogen-bond donors (Lipinski definition) is 0. The van der Waals surface area contributed by atoms with Gasteiger partial charge in [0.15, 0.2) is 0 Å². The summed E-state index contributed by atoms with van der Waals surface area (Å²) in [6.45, 7) is 2.27. The van der Waals surface area contributed by atoms with E-state index in [-0.39, 0.29) is 0 Å². The molecule has 0 aromatic heterocycles. The Labute approximate surface area is 140 Å². The number of unbranched alkanes of at least 4 members (excludes halogenated alkanes) is 5. The average Bonchev–Trinajstić information content (AvgIpc) is 2.59. The quantitative estimate of drug-likeness (QED) is 0.345. The van der Waals surface area contributed by atoms with Gasteiger partial charge in [0.2, 0.25) is 0 Å². The molecule has 0 fully saturated rings. The zero-order valence-electron chi connectivity index (χ0n) is 13.7. The van der Waals surface area contributed by atoms with E-state index in [2.05, 4.69) is 55.5 Å². The van der Waals surface area contributed by atoms with Gasteiger partial charge in [0.05, 0.1) is 0 Å². The molecule has 0 aliphatic carbocycles. The Morgan fingerprint density at radius 3 is 1.68 bits per heavy atom. The van der Waals surface area contributed by atoms with E-state index in [1.165, 1.54) is 67.2 Å². The lowest BCUT2D eigenvalue weighted by atomic mass is 10.00. The van der Waals surface area contributed by atoms with Crippen LogP contribution in [0.5, 0.6) is 0 Å². The Balaban J connectivity index is 1.82. The molecule has 0 heterocycles. The molecular formula is C21H27Cl. The van der Waals surface area contributed by atoms with Crippen molar-refractivity contribution in [2.75, 3.05) is 0 Å². The maximum absolute atomic E-state index is 5.83. The Morgan fingerprint density at radius 2 is 1.14 bits per heavy atom. The third-order valence-corrected chi connectivity index (χ3v) is 4.52. The molecular weight excluding hydrogens is 288 g/mol. The van der Waals surface area contributed by atoms with E-state index in [0.29, 0.717) is 5.88 Å². The molecule has 0 N–H and O–H groups in total. The van der Waals surface area contributed by atoms with Crippen molar-refractivity contribution in [2.45, 2.75) is 57.7 Å². The van der Waals surface area contributed by atoms with Gasteiger partial charge in [-0.1, -0.05) is 87.6 Å². The average molecular weight is 315 g/mol. The molecule has 118 valence electrons. The van der Waals surface area contributed by atoms with Crippen molar-refractivity contribution in [3.63, 3.8) is 0 Å². The van der Waals surface area contributed by atoms with Crippen LogP contribution < -0.4 is 0 Å². The first-order valence-electron chi connectivity index (χ1n) is 8.57. The van der Waals surface area contributed by atoms with E-state index in [1.54, 1.807) is 0 Å². The predicted octanol–water partition coefficient (Wildman–Crippen LogP) is 7.00. The zero-order chi connectivity index (χ0) is 15.6.